The van der Waals surface area contributed by atoms with Gasteiger partial charge >= 0.3 is 0 Å². The van der Waals surface area contributed by atoms with E-state index in [0.29, 0.717) is 19.5 Å². The number of amides is 1. The Hall–Kier alpha value is -2.01. The van der Waals surface area contributed by atoms with Crippen molar-refractivity contribution in [3.05, 3.63) is 30.0 Å². The van der Waals surface area contributed by atoms with E-state index in [2.05, 4.69) is 10.6 Å². The van der Waals surface area contributed by atoms with Crippen LogP contribution in [0.4, 0.5) is 0 Å². The monoisotopic (exact) mass is 262 g/mol. The van der Waals surface area contributed by atoms with Crippen molar-refractivity contribution in [1.29, 1.82) is 0 Å². The molecule has 1 aromatic carbocycles. The SMILES string of the molecule is CNC(=O)CCNCc1cc2cccc(OC)c2o1. The van der Waals surface area contributed by atoms with Crippen LogP contribution in [-0.2, 0) is 11.3 Å². The molecule has 2 rings (SSSR count). The second-order valence-corrected chi connectivity index (χ2v) is 4.19. The molecule has 0 aliphatic rings. The van der Waals surface area contributed by atoms with Gasteiger partial charge in [0.1, 0.15) is 5.76 Å². The number of hydrogen-bond acceptors (Lipinski definition) is 4. The Balaban J connectivity index is 1.96. The minimum Gasteiger partial charge on any atom is -0.493 e. The van der Waals surface area contributed by atoms with Crippen molar-refractivity contribution in [1.82, 2.24) is 10.6 Å². The third kappa shape index (κ3) is 3.26. The largest absolute Gasteiger partial charge is 0.493 e. The van der Waals surface area contributed by atoms with E-state index >= 15 is 0 Å². The van der Waals surface area contributed by atoms with Gasteiger partial charge in [-0.25, -0.2) is 0 Å². The highest BCUT2D eigenvalue weighted by Crippen LogP contribution is 2.28. The lowest BCUT2D eigenvalue weighted by Crippen LogP contribution is -2.24. The quantitative estimate of drug-likeness (QED) is 0.777. The number of rotatable bonds is 6. The van der Waals surface area contributed by atoms with E-state index in [-0.39, 0.29) is 5.91 Å². The van der Waals surface area contributed by atoms with Crippen LogP contribution in [0.15, 0.2) is 28.7 Å². The van der Waals surface area contributed by atoms with Gasteiger partial charge in [0.2, 0.25) is 5.91 Å². The highest BCUT2D eigenvalue weighted by Gasteiger charge is 2.08. The van der Waals surface area contributed by atoms with Crippen molar-refractivity contribution in [2.75, 3.05) is 20.7 Å². The number of ether oxygens (including phenoxy) is 1. The Morgan fingerprint density at radius 1 is 1.42 bits per heavy atom. The number of fused-ring (bicyclic) bond motifs is 1. The molecular formula is C14H18N2O3. The smallest absolute Gasteiger partial charge is 0.221 e. The van der Waals surface area contributed by atoms with Crippen molar-refractivity contribution in [2.45, 2.75) is 13.0 Å². The third-order valence-electron chi connectivity index (χ3n) is 2.89. The van der Waals surface area contributed by atoms with Gasteiger partial charge in [0.05, 0.1) is 13.7 Å². The molecule has 0 bridgehead atoms. The summed E-state index contributed by atoms with van der Waals surface area (Å²) < 4.78 is 11.0. The molecule has 1 aromatic heterocycles. The molecule has 0 aliphatic carbocycles. The van der Waals surface area contributed by atoms with Crippen LogP contribution in [0.25, 0.3) is 11.0 Å². The number of furan rings is 1. The molecule has 0 atom stereocenters. The Morgan fingerprint density at radius 2 is 2.26 bits per heavy atom. The van der Waals surface area contributed by atoms with Crippen molar-refractivity contribution in [3.63, 3.8) is 0 Å². The molecule has 0 aliphatic heterocycles. The van der Waals surface area contributed by atoms with Crippen molar-refractivity contribution >= 4 is 16.9 Å². The minimum absolute atomic E-state index is 0.0266. The maximum Gasteiger partial charge on any atom is 0.221 e. The van der Waals surface area contributed by atoms with E-state index < -0.39 is 0 Å². The lowest BCUT2D eigenvalue weighted by atomic mass is 10.2. The number of nitrogens with one attached hydrogen (secondary N) is 2. The fourth-order valence-corrected chi connectivity index (χ4v) is 1.88. The summed E-state index contributed by atoms with van der Waals surface area (Å²) in [4.78, 5) is 11.1. The van der Waals surface area contributed by atoms with Crippen LogP contribution in [0, 0.1) is 0 Å². The minimum atomic E-state index is 0.0266. The van der Waals surface area contributed by atoms with Crippen LogP contribution in [0.1, 0.15) is 12.2 Å². The molecule has 1 amide bonds. The number of para-hydroxylation sites is 1. The summed E-state index contributed by atoms with van der Waals surface area (Å²) in [6.45, 7) is 1.21. The first-order valence-corrected chi connectivity index (χ1v) is 6.21. The maximum atomic E-state index is 11.1. The highest BCUT2D eigenvalue weighted by atomic mass is 16.5. The zero-order chi connectivity index (χ0) is 13.7. The average Bonchev–Trinajstić information content (AvgIpc) is 2.85. The van der Waals surface area contributed by atoms with Crippen molar-refractivity contribution in [2.24, 2.45) is 0 Å². The number of methoxy groups -OCH3 is 1. The van der Waals surface area contributed by atoms with Gasteiger partial charge in [-0.3, -0.25) is 4.79 Å². The van der Waals surface area contributed by atoms with Crippen LogP contribution in [0.5, 0.6) is 5.75 Å². The highest BCUT2D eigenvalue weighted by molar-refractivity contribution is 5.83. The molecule has 2 aromatic rings. The van der Waals surface area contributed by atoms with Gasteiger partial charge in [-0.1, -0.05) is 12.1 Å². The van der Waals surface area contributed by atoms with E-state index in [1.54, 1.807) is 14.2 Å². The Bertz CT molecular complexity index is 563. The second-order valence-electron chi connectivity index (χ2n) is 4.19. The molecule has 0 radical (unpaired) electrons. The number of benzene rings is 1. The molecule has 0 saturated carbocycles. The third-order valence-corrected chi connectivity index (χ3v) is 2.89. The molecule has 0 saturated heterocycles. The summed E-state index contributed by atoms with van der Waals surface area (Å²) in [6, 6.07) is 7.76. The second kappa shape index (κ2) is 6.24. The van der Waals surface area contributed by atoms with Crippen LogP contribution >= 0.6 is 0 Å². The Kier molecular flexibility index (Phi) is 4.41. The predicted molar refractivity (Wildman–Crippen MR) is 73.2 cm³/mol. The summed E-state index contributed by atoms with van der Waals surface area (Å²) in [5.74, 6) is 1.59. The fraction of sp³-hybridized carbons (Fsp3) is 0.357. The molecular weight excluding hydrogens is 244 g/mol. The number of carbonyl (C=O) groups is 1. The van der Waals surface area contributed by atoms with E-state index in [9.17, 15) is 4.79 Å². The van der Waals surface area contributed by atoms with Crippen LogP contribution in [-0.4, -0.2) is 26.6 Å². The first-order chi connectivity index (χ1) is 9.24. The van der Waals surface area contributed by atoms with Gasteiger partial charge < -0.3 is 19.8 Å². The summed E-state index contributed by atoms with van der Waals surface area (Å²) in [7, 11) is 3.26. The molecule has 0 spiro atoms. The molecule has 1 heterocycles. The Morgan fingerprint density at radius 3 is 3.00 bits per heavy atom. The van der Waals surface area contributed by atoms with E-state index in [1.807, 2.05) is 24.3 Å². The summed E-state index contributed by atoms with van der Waals surface area (Å²) >= 11 is 0. The molecule has 5 heteroatoms. The van der Waals surface area contributed by atoms with Gasteiger partial charge in [0.25, 0.3) is 0 Å². The summed E-state index contributed by atoms with van der Waals surface area (Å²) in [5, 5.41) is 6.77. The summed E-state index contributed by atoms with van der Waals surface area (Å²) in [5.41, 5.74) is 0.758. The van der Waals surface area contributed by atoms with E-state index in [1.165, 1.54) is 0 Å². The van der Waals surface area contributed by atoms with E-state index in [0.717, 1.165) is 22.5 Å². The van der Waals surface area contributed by atoms with Crippen molar-refractivity contribution < 1.29 is 13.9 Å². The average molecular weight is 262 g/mol. The summed E-state index contributed by atoms with van der Waals surface area (Å²) in [6.07, 6.45) is 0.458. The normalized spacial score (nSPS) is 10.6. The van der Waals surface area contributed by atoms with Gasteiger partial charge in [-0.05, 0) is 12.1 Å². The lowest BCUT2D eigenvalue weighted by Gasteiger charge is -2.01. The fourth-order valence-electron chi connectivity index (χ4n) is 1.88. The molecule has 102 valence electrons. The van der Waals surface area contributed by atoms with Gasteiger partial charge in [-0.15, -0.1) is 0 Å². The zero-order valence-electron chi connectivity index (χ0n) is 11.2. The molecule has 5 nitrogen and oxygen atoms in total. The van der Waals surface area contributed by atoms with Gasteiger partial charge in [-0.2, -0.15) is 0 Å². The van der Waals surface area contributed by atoms with Crippen LogP contribution in [0.3, 0.4) is 0 Å². The first kappa shape index (κ1) is 13.4. The van der Waals surface area contributed by atoms with E-state index in [4.69, 9.17) is 9.15 Å². The van der Waals surface area contributed by atoms with Gasteiger partial charge in [0, 0.05) is 25.4 Å². The van der Waals surface area contributed by atoms with Crippen LogP contribution in [0.2, 0.25) is 0 Å². The van der Waals surface area contributed by atoms with Crippen molar-refractivity contribution in [3.8, 4) is 5.75 Å². The zero-order valence-corrected chi connectivity index (χ0v) is 11.2. The standard InChI is InChI=1S/C14H18N2O3/c1-15-13(17)6-7-16-9-11-8-10-4-3-5-12(18-2)14(10)19-11/h3-5,8,16H,6-7,9H2,1-2H3,(H,15,17). The number of carbonyl (C=O) groups excluding carboxylic acids is 1. The van der Waals surface area contributed by atoms with Crippen LogP contribution < -0.4 is 15.4 Å². The first-order valence-electron chi connectivity index (χ1n) is 6.21. The maximum absolute atomic E-state index is 11.1. The molecule has 19 heavy (non-hydrogen) atoms. The lowest BCUT2D eigenvalue weighted by molar-refractivity contribution is -0.120. The topological polar surface area (TPSA) is 63.5 Å². The predicted octanol–water partition coefficient (Wildman–Crippen LogP) is 1.67. The molecule has 0 fully saturated rings. The van der Waals surface area contributed by atoms with Gasteiger partial charge in [0.15, 0.2) is 11.3 Å². The molecule has 0 unspecified atom stereocenters. The Labute approximate surface area is 111 Å². The molecule has 2 N–H and O–H groups in total. The number of hydrogen-bond donors (Lipinski definition) is 2.